The second-order valence-electron chi connectivity index (χ2n) is 3.85. The number of hydrogen-bond donors (Lipinski definition) is 0. The van der Waals surface area contributed by atoms with E-state index in [-0.39, 0.29) is 0 Å². The zero-order valence-electron chi connectivity index (χ0n) is 6.03. The van der Waals surface area contributed by atoms with Crippen molar-refractivity contribution in [1.82, 2.24) is 0 Å². The van der Waals surface area contributed by atoms with Crippen molar-refractivity contribution < 1.29 is 0 Å². The average Bonchev–Trinajstić information content (AvgIpc) is 1.88. The molecule has 2 fully saturated rings. The Morgan fingerprint density at radius 2 is 1.20 bits per heavy atom. The molecule has 0 N–H and O–H groups in total. The lowest BCUT2D eigenvalue weighted by molar-refractivity contribution is 0.0421. The maximum absolute atomic E-state index is 4.31. The number of hydrogen-bond acceptors (Lipinski definition) is 2. The SMILES string of the molecule is C1CC2N=NC1C1CCC21. The van der Waals surface area contributed by atoms with Crippen molar-refractivity contribution in [1.29, 1.82) is 0 Å². The topological polar surface area (TPSA) is 24.7 Å². The van der Waals surface area contributed by atoms with Gasteiger partial charge >= 0.3 is 0 Å². The summed E-state index contributed by atoms with van der Waals surface area (Å²) < 4.78 is 0. The Hall–Kier alpha value is -0.400. The first-order valence-corrected chi connectivity index (χ1v) is 4.35. The summed E-state index contributed by atoms with van der Waals surface area (Å²) in [4.78, 5) is 0. The van der Waals surface area contributed by atoms with Crippen molar-refractivity contribution in [3.05, 3.63) is 0 Å². The van der Waals surface area contributed by atoms with Crippen molar-refractivity contribution in [3.63, 3.8) is 0 Å². The second kappa shape index (κ2) is 1.60. The fourth-order valence-electron chi connectivity index (χ4n) is 2.73. The van der Waals surface area contributed by atoms with Crippen molar-refractivity contribution in [2.24, 2.45) is 22.1 Å². The van der Waals surface area contributed by atoms with Crippen LogP contribution >= 0.6 is 0 Å². The lowest BCUT2D eigenvalue weighted by Gasteiger charge is -2.49. The molecule has 4 atom stereocenters. The van der Waals surface area contributed by atoms with E-state index in [2.05, 4.69) is 10.2 Å². The Labute approximate surface area is 60.7 Å². The molecule has 2 aliphatic heterocycles. The summed E-state index contributed by atoms with van der Waals surface area (Å²) in [5, 5.41) is 8.61. The monoisotopic (exact) mass is 136 g/mol. The normalized spacial score (nSPS) is 56.0. The first-order valence-electron chi connectivity index (χ1n) is 4.35. The highest BCUT2D eigenvalue weighted by Gasteiger charge is 2.48. The van der Waals surface area contributed by atoms with Gasteiger partial charge in [-0.15, -0.1) is 0 Å². The summed E-state index contributed by atoms with van der Waals surface area (Å²) in [5.74, 6) is 1.91. The molecule has 2 heterocycles. The molecule has 2 bridgehead atoms. The Morgan fingerprint density at radius 1 is 0.700 bits per heavy atom. The van der Waals surface area contributed by atoms with Gasteiger partial charge in [-0.05, 0) is 37.5 Å². The van der Waals surface area contributed by atoms with Crippen molar-refractivity contribution in [3.8, 4) is 0 Å². The van der Waals surface area contributed by atoms with Gasteiger partial charge in [0.25, 0.3) is 0 Å². The van der Waals surface area contributed by atoms with Crippen LogP contribution in [0.4, 0.5) is 0 Å². The molecular formula is C8H12N2. The molecule has 0 aromatic rings. The maximum Gasteiger partial charge on any atom is 0.0740 e. The Balaban J connectivity index is 1.98. The van der Waals surface area contributed by atoms with Gasteiger partial charge in [0, 0.05) is 0 Å². The van der Waals surface area contributed by atoms with Crippen LogP contribution in [0, 0.1) is 11.8 Å². The van der Waals surface area contributed by atoms with E-state index in [1.807, 2.05) is 0 Å². The maximum atomic E-state index is 4.31. The van der Waals surface area contributed by atoms with E-state index in [9.17, 15) is 0 Å². The van der Waals surface area contributed by atoms with Crippen LogP contribution in [-0.4, -0.2) is 12.1 Å². The summed E-state index contributed by atoms with van der Waals surface area (Å²) in [5.41, 5.74) is 0. The third-order valence-electron chi connectivity index (χ3n) is 3.49. The number of azo groups is 1. The summed E-state index contributed by atoms with van der Waals surface area (Å²) in [6.45, 7) is 0. The molecule has 4 unspecified atom stereocenters. The van der Waals surface area contributed by atoms with E-state index in [4.69, 9.17) is 0 Å². The van der Waals surface area contributed by atoms with E-state index in [0.29, 0.717) is 12.1 Å². The predicted molar refractivity (Wildman–Crippen MR) is 37.9 cm³/mol. The molecule has 0 saturated heterocycles. The summed E-state index contributed by atoms with van der Waals surface area (Å²) >= 11 is 0. The molecule has 0 amide bonds. The first-order chi connectivity index (χ1) is 4.95. The predicted octanol–water partition coefficient (Wildman–Crippen LogP) is 2.01. The van der Waals surface area contributed by atoms with Crippen molar-refractivity contribution in [2.45, 2.75) is 37.8 Å². The van der Waals surface area contributed by atoms with Gasteiger partial charge in [-0.2, -0.15) is 10.2 Å². The number of fused-ring (bicyclic) bond motifs is 1. The Morgan fingerprint density at radius 3 is 1.40 bits per heavy atom. The number of nitrogens with zero attached hydrogens (tertiary/aromatic N) is 2. The molecule has 2 heteroatoms. The standard InChI is InChI=1S/C8H12N2/c1-2-6-5(1)7-3-4-8(6)10-9-7/h5-8H,1-4H2. The lowest BCUT2D eigenvalue weighted by Crippen LogP contribution is -2.48. The zero-order valence-corrected chi connectivity index (χ0v) is 6.03. The second-order valence-corrected chi connectivity index (χ2v) is 3.85. The molecule has 2 nitrogen and oxygen atoms in total. The minimum absolute atomic E-state index is 0.642. The summed E-state index contributed by atoms with van der Waals surface area (Å²) in [7, 11) is 0. The molecule has 2 saturated carbocycles. The van der Waals surface area contributed by atoms with Crippen LogP contribution in [0.25, 0.3) is 0 Å². The summed E-state index contributed by atoms with van der Waals surface area (Å²) in [6.07, 6.45) is 5.53. The molecule has 4 rings (SSSR count). The van der Waals surface area contributed by atoms with Crippen LogP contribution in [0.2, 0.25) is 0 Å². The third-order valence-corrected chi connectivity index (χ3v) is 3.49. The van der Waals surface area contributed by atoms with E-state index in [1.165, 1.54) is 25.7 Å². The van der Waals surface area contributed by atoms with Gasteiger partial charge in [0.2, 0.25) is 0 Å². The minimum atomic E-state index is 0.642. The van der Waals surface area contributed by atoms with Gasteiger partial charge in [0.05, 0.1) is 12.1 Å². The Bertz CT molecular complexity index is 168. The fraction of sp³-hybridized carbons (Fsp3) is 1.00. The van der Waals surface area contributed by atoms with Crippen LogP contribution in [0.1, 0.15) is 25.7 Å². The van der Waals surface area contributed by atoms with Gasteiger partial charge in [0.15, 0.2) is 0 Å². The fourth-order valence-corrected chi connectivity index (χ4v) is 2.73. The Kier molecular flexibility index (Phi) is 0.846. The molecule has 0 aromatic carbocycles. The average molecular weight is 136 g/mol. The van der Waals surface area contributed by atoms with Gasteiger partial charge in [-0.1, -0.05) is 0 Å². The highest BCUT2D eigenvalue weighted by atomic mass is 15.2. The molecule has 0 aromatic heterocycles. The minimum Gasteiger partial charge on any atom is -0.190 e. The number of rotatable bonds is 0. The summed E-state index contributed by atoms with van der Waals surface area (Å²) in [6, 6.07) is 1.28. The van der Waals surface area contributed by atoms with E-state index in [0.717, 1.165) is 11.8 Å². The van der Waals surface area contributed by atoms with Crippen LogP contribution in [-0.2, 0) is 0 Å². The zero-order chi connectivity index (χ0) is 6.55. The van der Waals surface area contributed by atoms with Crippen molar-refractivity contribution >= 4 is 0 Å². The molecular weight excluding hydrogens is 124 g/mol. The highest BCUT2D eigenvalue weighted by Crippen LogP contribution is 2.50. The van der Waals surface area contributed by atoms with Gasteiger partial charge in [-0.25, -0.2) is 0 Å². The largest absolute Gasteiger partial charge is 0.190 e. The third kappa shape index (κ3) is 0.468. The van der Waals surface area contributed by atoms with Crippen LogP contribution < -0.4 is 0 Å². The first kappa shape index (κ1) is 5.28. The molecule has 10 heavy (non-hydrogen) atoms. The van der Waals surface area contributed by atoms with Crippen molar-refractivity contribution in [2.75, 3.05) is 0 Å². The molecule has 4 aliphatic rings. The highest BCUT2D eigenvalue weighted by molar-refractivity contribution is 5.02. The molecule has 0 radical (unpaired) electrons. The van der Waals surface area contributed by atoms with Crippen LogP contribution in [0.5, 0.6) is 0 Å². The van der Waals surface area contributed by atoms with Crippen LogP contribution in [0.3, 0.4) is 0 Å². The quantitative estimate of drug-likeness (QED) is 0.486. The van der Waals surface area contributed by atoms with Gasteiger partial charge in [-0.3, -0.25) is 0 Å². The van der Waals surface area contributed by atoms with E-state index >= 15 is 0 Å². The van der Waals surface area contributed by atoms with Gasteiger partial charge in [0.1, 0.15) is 0 Å². The molecule has 0 spiro atoms. The smallest absolute Gasteiger partial charge is 0.0740 e. The molecule has 54 valence electrons. The van der Waals surface area contributed by atoms with Gasteiger partial charge < -0.3 is 0 Å². The lowest BCUT2D eigenvalue weighted by atomic mass is 9.60. The van der Waals surface area contributed by atoms with E-state index in [1.54, 1.807) is 0 Å². The van der Waals surface area contributed by atoms with E-state index < -0.39 is 0 Å². The van der Waals surface area contributed by atoms with Crippen LogP contribution in [0.15, 0.2) is 10.2 Å². The molecule has 2 aliphatic carbocycles.